The van der Waals surface area contributed by atoms with E-state index < -0.39 is 6.04 Å². The molecule has 3 unspecified atom stereocenters. The summed E-state index contributed by atoms with van der Waals surface area (Å²) in [6.07, 6.45) is 0.645. The number of nitrogens with zero attached hydrogens (tertiary/aromatic N) is 1. The summed E-state index contributed by atoms with van der Waals surface area (Å²) < 4.78 is 0. The SMILES string of the molecule is CNCC(C)C(=O)NC1CC(C)N(c2ccccc2)C1=O.Cl. The fourth-order valence-electron chi connectivity index (χ4n) is 2.74. The fraction of sp³-hybridized carbons (Fsp3) is 0.500. The van der Waals surface area contributed by atoms with Crippen LogP contribution in [-0.4, -0.2) is 37.5 Å². The summed E-state index contributed by atoms with van der Waals surface area (Å²) in [6.45, 7) is 4.46. The molecular formula is C16H24ClN3O2. The van der Waals surface area contributed by atoms with E-state index >= 15 is 0 Å². The van der Waals surface area contributed by atoms with Crippen LogP contribution in [0.5, 0.6) is 0 Å². The normalized spacial score (nSPS) is 22.1. The van der Waals surface area contributed by atoms with Gasteiger partial charge in [-0.05, 0) is 32.5 Å². The second-order valence-corrected chi connectivity index (χ2v) is 5.65. The molecule has 2 rings (SSSR count). The van der Waals surface area contributed by atoms with Crippen molar-refractivity contribution < 1.29 is 9.59 Å². The summed E-state index contributed by atoms with van der Waals surface area (Å²) in [5, 5.41) is 5.84. The third kappa shape index (κ3) is 3.99. The van der Waals surface area contributed by atoms with Crippen molar-refractivity contribution in [3.8, 4) is 0 Å². The lowest BCUT2D eigenvalue weighted by molar-refractivity contribution is -0.128. The zero-order chi connectivity index (χ0) is 15.4. The lowest BCUT2D eigenvalue weighted by atomic mass is 10.1. The second kappa shape index (κ2) is 8.15. The first-order valence-electron chi connectivity index (χ1n) is 7.37. The Hall–Kier alpha value is -1.59. The van der Waals surface area contributed by atoms with Gasteiger partial charge in [-0.15, -0.1) is 12.4 Å². The van der Waals surface area contributed by atoms with Crippen LogP contribution in [-0.2, 0) is 9.59 Å². The van der Waals surface area contributed by atoms with Crippen LogP contribution in [0.1, 0.15) is 20.3 Å². The smallest absolute Gasteiger partial charge is 0.249 e. The maximum atomic E-state index is 12.5. The molecule has 2 amide bonds. The van der Waals surface area contributed by atoms with Crippen molar-refractivity contribution in [1.82, 2.24) is 10.6 Å². The van der Waals surface area contributed by atoms with Gasteiger partial charge in [0.1, 0.15) is 6.04 Å². The van der Waals surface area contributed by atoms with Gasteiger partial charge >= 0.3 is 0 Å². The highest BCUT2D eigenvalue weighted by molar-refractivity contribution is 6.02. The van der Waals surface area contributed by atoms with E-state index in [2.05, 4.69) is 10.6 Å². The van der Waals surface area contributed by atoms with Crippen LogP contribution in [0.2, 0.25) is 0 Å². The Labute approximate surface area is 137 Å². The van der Waals surface area contributed by atoms with E-state index in [1.807, 2.05) is 51.2 Å². The largest absolute Gasteiger partial charge is 0.344 e. The Morgan fingerprint density at radius 1 is 1.36 bits per heavy atom. The Bertz CT molecular complexity index is 509. The molecule has 1 aromatic carbocycles. The molecule has 22 heavy (non-hydrogen) atoms. The molecule has 1 fully saturated rings. The van der Waals surface area contributed by atoms with E-state index in [4.69, 9.17) is 0 Å². The highest BCUT2D eigenvalue weighted by atomic mass is 35.5. The first-order valence-corrected chi connectivity index (χ1v) is 7.37. The van der Waals surface area contributed by atoms with Crippen molar-refractivity contribution in [2.24, 2.45) is 5.92 Å². The number of rotatable bonds is 5. The maximum absolute atomic E-state index is 12.5. The van der Waals surface area contributed by atoms with Crippen LogP contribution in [0.3, 0.4) is 0 Å². The van der Waals surface area contributed by atoms with Crippen molar-refractivity contribution in [3.05, 3.63) is 30.3 Å². The summed E-state index contributed by atoms with van der Waals surface area (Å²) in [5.74, 6) is -0.257. The number of para-hydroxylation sites is 1. The summed E-state index contributed by atoms with van der Waals surface area (Å²) in [4.78, 5) is 26.4. The number of benzene rings is 1. The fourth-order valence-corrected chi connectivity index (χ4v) is 2.74. The van der Waals surface area contributed by atoms with Crippen LogP contribution in [0.15, 0.2) is 30.3 Å². The zero-order valence-electron chi connectivity index (χ0n) is 13.2. The molecule has 0 radical (unpaired) electrons. The second-order valence-electron chi connectivity index (χ2n) is 5.65. The van der Waals surface area contributed by atoms with E-state index in [-0.39, 0.29) is 36.2 Å². The number of anilines is 1. The van der Waals surface area contributed by atoms with Crippen LogP contribution in [0.25, 0.3) is 0 Å². The highest BCUT2D eigenvalue weighted by Crippen LogP contribution is 2.26. The summed E-state index contributed by atoms with van der Waals surface area (Å²) in [7, 11) is 1.81. The molecule has 1 heterocycles. The highest BCUT2D eigenvalue weighted by Gasteiger charge is 2.39. The summed E-state index contributed by atoms with van der Waals surface area (Å²) in [6, 6.07) is 9.25. The first kappa shape index (κ1) is 18.5. The number of carbonyl (C=O) groups excluding carboxylic acids is 2. The minimum absolute atomic E-state index is 0. The van der Waals surface area contributed by atoms with E-state index in [1.165, 1.54) is 0 Å². The van der Waals surface area contributed by atoms with Crippen LogP contribution in [0, 0.1) is 5.92 Å². The number of carbonyl (C=O) groups is 2. The predicted octanol–water partition coefficient (Wildman–Crippen LogP) is 1.57. The third-order valence-electron chi connectivity index (χ3n) is 3.86. The summed E-state index contributed by atoms with van der Waals surface area (Å²) in [5.41, 5.74) is 0.884. The van der Waals surface area contributed by atoms with Crippen LogP contribution < -0.4 is 15.5 Å². The van der Waals surface area contributed by atoms with E-state index in [0.29, 0.717) is 13.0 Å². The molecule has 3 atom stereocenters. The number of amides is 2. The zero-order valence-corrected chi connectivity index (χ0v) is 14.0. The van der Waals surface area contributed by atoms with Gasteiger partial charge in [0.2, 0.25) is 11.8 Å². The maximum Gasteiger partial charge on any atom is 0.249 e. The number of halogens is 1. The van der Waals surface area contributed by atoms with Crippen molar-refractivity contribution >= 4 is 29.9 Å². The minimum Gasteiger partial charge on any atom is -0.344 e. The van der Waals surface area contributed by atoms with Gasteiger partial charge in [0.15, 0.2) is 0 Å². The Kier molecular flexibility index (Phi) is 6.84. The first-order chi connectivity index (χ1) is 10.0. The van der Waals surface area contributed by atoms with E-state index in [1.54, 1.807) is 4.90 Å². The third-order valence-corrected chi connectivity index (χ3v) is 3.86. The predicted molar refractivity (Wildman–Crippen MR) is 90.3 cm³/mol. The molecule has 6 heteroatoms. The molecule has 122 valence electrons. The van der Waals surface area contributed by atoms with Crippen LogP contribution >= 0.6 is 12.4 Å². The molecule has 5 nitrogen and oxygen atoms in total. The molecule has 0 aliphatic carbocycles. The van der Waals surface area contributed by atoms with Crippen molar-refractivity contribution in [2.45, 2.75) is 32.4 Å². The molecule has 1 aliphatic rings. The average Bonchev–Trinajstić information content (AvgIpc) is 2.74. The Balaban J connectivity index is 0.00000242. The topological polar surface area (TPSA) is 61.4 Å². The van der Waals surface area contributed by atoms with Crippen molar-refractivity contribution in [2.75, 3.05) is 18.5 Å². The van der Waals surface area contributed by atoms with Gasteiger partial charge in [-0.3, -0.25) is 9.59 Å². The van der Waals surface area contributed by atoms with Crippen molar-refractivity contribution in [3.63, 3.8) is 0 Å². The Morgan fingerprint density at radius 3 is 2.59 bits per heavy atom. The van der Waals surface area contributed by atoms with Gasteiger partial charge in [-0.2, -0.15) is 0 Å². The lowest BCUT2D eigenvalue weighted by Crippen LogP contribution is -2.45. The van der Waals surface area contributed by atoms with E-state index in [9.17, 15) is 9.59 Å². The quantitative estimate of drug-likeness (QED) is 0.864. The molecule has 0 bridgehead atoms. The van der Waals surface area contributed by atoms with Gasteiger partial charge in [0.25, 0.3) is 0 Å². The average molecular weight is 326 g/mol. The summed E-state index contributed by atoms with van der Waals surface area (Å²) >= 11 is 0. The van der Waals surface area contributed by atoms with Crippen LogP contribution in [0.4, 0.5) is 5.69 Å². The number of hydrogen-bond donors (Lipinski definition) is 2. The number of nitrogens with one attached hydrogen (secondary N) is 2. The van der Waals surface area contributed by atoms with Crippen molar-refractivity contribution in [1.29, 1.82) is 0 Å². The van der Waals surface area contributed by atoms with Gasteiger partial charge in [0, 0.05) is 24.2 Å². The Morgan fingerprint density at radius 2 is 2.00 bits per heavy atom. The van der Waals surface area contributed by atoms with Gasteiger partial charge in [0.05, 0.1) is 0 Å². The van der Waals surface area contributed by atoms with Gasteiger partial charge < -0.3 is 15.5 Å². The molecule has 0 aromatic heterocycles. The monoisotopic (exact) mass is 325 g/mol. The number of hydrogen-bond acceptors (Lipinski definition) is 3. The molecule has 2 N–H and O–H groups in total. The van der Waals surface area contributed by atoms with Gasteiger partial charge in [-0.1, -0.05) is 25.1 Å². The standard InChI is InChI=1S/C16H23N3O2.ClH/c1-11(10-17-3)15(20)18-14-9-12(2)19(16(14)21)13-7-5-4-6-8-13;/h4-8,11-12,14,17H,9-10H2,1-3H3,(H,18,20);1H. The van der Waals surface area contributed by atoms with E-state index in [0.717, 1.165) is 5.69 Å². The molecule has 0 saturated carbocycles. The molecule has 0 spiro atoms. The lowest BCUT2D eigenvalue weighted by Gasteiger charge is -2.21. The minimum atomic E-state index is -0.424. The molecular weight excluding hydrogens is 302 g/mol. The molecule has 1 aliphatic heterocycles. The van der Waals surface area contributed by atoms with Gasteiger partial charge in [-0.25, -0.2) is 0 Å². The molecule has 1 aromatic rings. The molecule has 1 saturated heterocycles.